The summed E-state index contributed by atoms with van der Waals surface area (Å²) in [5.41, 5.74) is 1.66. The second-order valence-corrected chi connectivity index (χ2v) is 5.33. The minimum atomic E-state index is -0.774. The number of para-hydroxylation sites is 1. The summed E-state index contributed by atoms with van der Waals surface area (Å²) in [6, 6.07) is 7.77. The normalized spacial score (nSPS) is 11.2. The Morgan fingerprint density at radius 2 is 2.20 bits per heavy atom. The molecule has 0 saturated heterocycles. The van der Waals surface area contributed by atoms with Gasteiger partial charge in [-0.1, -0.05) is 23.9 Å². The topological polar surface area (TPSA) is 80.4 Å². The number of carboxylic acid groups (broad SMARTS) is 1. The van der Waals surface area contributed by atoms with E-state index < -0.39 is 5.97 Å². The van der Waals surface area contributed by atoms with Crippen LogP contribution in [0, 0.1) is 0 Å². The van der Waals surface area contributed by atoms with Gasteiger partial charge in [-0.2, -0.15) is 0 Å². The molecule has 2 heterocycles. The number of carbonyl (C=O) groups is 1. The third-order valence-electron chi connectivity index (χ3n) is 2.83. The van der Waals surface area contributed by atoms with Crippen molar-refractivity contribution < 1.29 is 9.90 Å². The van der Waals surface area contributed by atoms with Gasteiger partial charge in [-0.25, -0.2) is 14.5 Å². The number of hydrogen-bond donors (Lipinski definition) is 1. The Balaban J connectivity index is 1.83. The second-order valence-electron chi connectivity index (χ2n) is 4.27. The van der Waals surface area contributed by atoms with E-state index in [1.54, 1.807) is 10.8 Å². The molecule has 0 bridgehead atoms. The molecule has 3 aromatic rings. The van der Waals surface area contributed by atoms with Gasteiger partial charge in [-0.05, 0) is 18.6 Å². The highest BCUT2D eigenvalue weighted by molar-refractivity contribution is 7.99. The maximum Gasteiger partial charge on any atom is 0.303 e. The summed E-state index contributed by atoms with van der Waals surface area (Å²) in [6.45, 7) is 0. The highest BCUT2D eigenvalue weighted by Gasteiger charge is 2.08. The van der Waals surface area contributed by atoms with E-state index in [4.69, 9.17) is 5.11 Å². The fraction of sp³-hybridized carbons (Fsp3) is 0.231. The van der Waals surface area contributed by atoms with Crippen LogP contribution in [0.1, 0.15) is 12.8 Å². The first-order valence-corrected chi connectivity index (χ1v) is 7.17. The van der Waals surface area contributed by atoms with E-state index in [2.05, 4.69) is 15.1 Å². The third kappa shape index (κ3) is 2.57. The number of carboxylic acids is 1. The van der Waals surface area contributed by atoms with Crippen molar-refractivity contribution in [3.8, 4) is 0 Å². The Morgan fingerprint density at radius 1 is 1.35 bits per heavy atom. The molecule has 0 radical (unpaired) electrons. The van der Waals surface area contributed by atoms with Gasteiger partial charge < -0.3 is 5.11 Å². The van der Waals surface area contributed by atoms with Crippen molar-refractivity contribution in [2.75, 3.05) is 5.75 Å². The number of nitrogens with zero attached hydrogens (tertiary/aromatic N) is 4. The molecule has 0 aliphatic carbocycles. The molecule has 0 fully saturated rings. The van der Waals surface area contributed by atoms with Gasteiger partial charge in [0.25, 0.3) is 0 Å². The lowest BCUT2D eigenvalue weighted by Crippen LogP contribution is -1.95. The number of benzene rings is 1. The largest absolute Gasteiger partial charge is 0.481 e. The molecule has 0 atom stereocenters. The average molecular weight is 288 g/mol. The van der Waals surface area contributed by atoms with Gasteiger partial charge in [0.05, 0.1) is 5.52 Å². The van der Waals surface area contributed by atoms with E-state index in [0.29, 0.717) is 17.3 Å². The van der Waals surface area contributed by atoms with Gasteiger partial charge in [0.15, 0.2) is 5.65 Å². The van der Waals surface area contributed by atoms with E-state index in [9.17, 15) is 4.79 Å². The van der Waals surface area contributed by atoms with Crippen molar-refractivity contribution >= 4 is 34.3 Å². The van der Waals surface area contributed by atoms with Crippen LogP contribution in [0.25, 0.3) is 16.6 Å². The van der Waals surface area contributed by atoms with Crippen LogP contribution in [0.15, 0.2) is 35.7 Å². The second kappa shape index (κ2) is 5.46. The molecule has 1 N–H and O–H groups in total. The number of aliphatic carboxylic acids is 1. The van der Waals surface area contributed by atoms with E-state index in [-0.39, 0.29) is 6.42 Å². The van der Waals surface area contributed by atoms with Gasteiger partial charge >= 0.3 is 5.97 Å². The molecule has 3 rings (SSSR count). The predicted molar refractivity (Wildman–Crippen MR) is 75.9 cm³/mol. The summed E-state index contributed by atoms with van der Waals surface area (Å²) in [5, 5.41) is 14.5. The van der Waals surface area contributed by atoms with Crippen molar-refractivity contribution in [1.82, 2.24) is 19.6 Å². The molecule has 2 aromatic heterocycles. The first kappa shape index (κ1) is 12.9. The molecule has 20 heavy (non-hydrogen) atoms. The van der Waals surface area contributed by atoms with Gasteiger partial charge in [0, 0.05) is 17.6 Å². The van der Waals surface area contributed by atoms with Crippen LogP contribution < -0.4 is 0 Å². The van der Waals surface area contributed by atoms with Crippen LogP contribution in [0.5, 0.6) is 0 Å². The molecule has 0 spiro atoms. The zero-order valence-electron chi connectivity index (χ0n) is 10.6. The highest BCUT2D eigenvalue weighted by Crippen LogP contribution is 2.20. The van der Waals surface area contributed by atoms with Gasteiger partial charge in [0.2, 0.25) is 5.16 Å². The first-order valence-electron chi connectivity index (χ1n) is 6.19. The van der Waals surface area contributed by atoms with Gasteiger partial charge in [-0.15, -0.1) is 5.10 Å². The van der Waals surface area contributed by atoms with Crippen molar-refractivity contribution in [1.29, 1.82) is 0 Å². The lowest BCUT2D eigenvalue weighted by molar-refractivity contribution is -0.137. The van der Waals surface area contributed by atoms with Crippen molar-refractivity contribution in [3.63, 3.8) is 0 Å². The predicted octanol–water partition coefficient (Wildman–Crippen LogP) is 2.23. The van der Waals surface area contributed by atoms with Crippen LogP contribution in [0.4, 0.5) is 0 Å². The Hall–Kier alpha value is -2.15. The molecule has 0 aliphatic rings. The first-order chi connectivity index (χ1) is 9.74. The molecule has 1 aromatic carbocycles. The maximum atomic E-state index is 10.4. The standard InChI is InChI=1S/C13H12N4O2S/c18-11(19)6-3-7-20-13-15-12-9-4-1-2-5-10(9)14-8-17(12)16-13/h1-2,4-5,8H,3,6-7H2,(H,18,19). The summed E-state index contributed by atoms with van der Waals surface area (Å²) in [7, 11) is 0. The lowest BCUT2D eigenvalue weighted by atomic mass is 10.2. The molecule has 102 valence electrons. The quantitative estimate of drug-likeness (QED) is 0.573. The maximum absolute atomic E-state index is 10.4. The van der Waals surface area contributed by atoms with Crippen LogP contribution in [-0.2, 0) is 4.79 Å². The number of thioether (sulfide) groups is 1. The Kier molecular flexibility index (Phi) is 3.51. The van der Waals surface area contributed by atoms with Crippen LogP contribution in [0.3, 0.4) is 0 Å². The Bertz CT molecular complexity index is 771. The summed E-state index contributed by atoms with van der Waals surface area (Å²) in [4.78, 5) is 19.2. The third-order valence-corrected chi connectivity index (χ3v) is 3.75. The number of fused-ring (bicyclic) bond motifs is 3. The number of aromatic nitrogens is 4. The summed E-state index contributed by atoms with van der Waals surface area (Å²) in [5.74, 6) is -0.0853. The van der Waals surface area contributed by atoms with E-state index in [0.717, 1.165) is 16.6 Å². The molecular weight excluding hydrogens is 276 g/mol. The molecule has 0 unspecified atom stereocenters. The number of hydrogen-bond acceptors (Lipinski definition) is 5. The molecule has 0 saturated carbocycles. The molecule has 7 heteroatoms. The molecule has 6 nitrogen and oxygen atoms in total. The fourth-order valence-electron chi connectivity index (χ4n) is 1.91. The van der Waals surface area contributed by atoms with Crippen LogP contribution in [-0.4, -0.2) is 36.4 Å². The van der Waals surface area contributed by atoms with Gasteiger partial charge in [0.1, 0.15) is 6.33 Å². The Morgan fingerprint density at radius 3 is 3.05 bits per heavy atom. The Labute approximate surface area is 118 Å². The molecule has 0 aliphatic heterocycles. The zero-order chi connectivity index (χ0) is 13.9. The number of rotatable bonds is 5. The van der Waals surface area contributed by atoms with Crippen molar-refractivity contribution in [3.05, 3.63) is 30.6 Å². The summed E-state index contributed by atoms with van der Waals surface area (Å²) >= 11 is 1.46. The van der Waals surface area contributed by atoms with Crippen molar-refractivity contribution in [2.45, 2.75) is 18.0 Å². The lowest BCUT2D eigenvalue weighted by Gasteiger charge is -1.96. The van der Waals surface area contributed by atoms with E-state index in [1.165, 1.54) is 11.8 Å². The fourth-order valence-corrected chi connectivity index (χ4v) is 2.68. The van der Waals surface area contributed by atoms with E-state index in [1.807, 2.05) is 24.3 Å². The van der Waals surface area contributed by atoms with Crippen molar-refractivity contribution in [2.24, 2.45) is 0 Å². The minimum Gasteiger partial charge on any atom is -0.481 e. The van der Waals surface area contributed by atoms with Crippen LogP contribution >= 0.6 is 11.8 Å². The smallest absolute Gasteiger partial charge is 0.303 e. The SMILES string of the molecule is O=C(O)CCCSc1nc2c3ccccc3ncn2n1. The monoisotopic (exact) mass is 288 g/mol. The molecule has 0 amide bonds. The zero-order valence-corrected chi connectivity index (χ0v) is 11.4. The average Bonchev–Trinajstić information content (AvgIpc) is 2.87. The van der Waals surface area contributed by atoms with Gasteiger partial charge in [-0.3, -0.25) is 4.79 Å². The highest BCUT2D eigenvalue weighted by atomic mass is 32.2. The summed E-state index contributed by atoms with van der Waals surface area (Å²) in [6.07, 6.45) is 2.42. The van der Waals surface area contributed by atoms with Crippen LogP contribution in [0.2, 0.25) is 0 Å². The van der Waals surface area contributed by atoms with E-state index >= 15 is 0 Å². The summed E-state index contributed by atoms with van der Waals surface area (Å²) < 4.78 is 1.65. The minimum absolute atomic E-state index is 0.171. The molecular formula is C13H12N4O2S.